The molecule has 0 aliphatic carbocycles. The van der Waals surface area contributed by atoms with Gasteiger partial charge in [-0.1, -0.05) is 61.2 Å². The quantitative estimate of drug-likeness (QED) is 0.607. The largest absolute Gasteiger partial charge is 0.305 e. The predicted octanol–water partition coefficient (Wildman–Crippen LogP) is 3.65. The van der Waals surface area contributed by atoms with Gasteiger partial charge in [0.1, 0.15) is 0 Å². The highest BCUT2D eigenvalue weighted by Crippen LogP contribution is 2.20. The van der Waals surface area contributed by atoms with Crippen LogP contribution in [-0.2, 0) is 0 Å². The van der Waals surface area contributed by atoms with Crippen LogP contribution < -0.4 is 0 Å². The van der Waals surface area contributed by atoms with Gasteiger partial charge in [-0.15, -0.1) is 0 Å². The van der Waals surface area contributed by atoms with Gasteiger partial charge in [0.15, 0.2) is 5.78 Å². The Morgan fingerprint density at radius 3 is 2.05 bits per heavy atom. The number of ketones is 1. The Morgan fingerprint density at radius 1 is 0.950 bits per heavy atom. The molecule has 0 spiro atoms. The number of hydrogen-bond donors (Lipinski definition) is 0. The Hall–Kier alpha value is -2.19. The summed E-state index contributed by atoms with van der Waals surface area (Å²) in [6, 6.07) is 17.8. The highest BCUT2D eigenvalue weighted by atomic mass is 16.1. The van der Waals surface area contributed by atoms with E-state index in [1.54, 1.807) is 0 Å². The highest BCUT2D eigenvalue weighted by molar-refractivity contribution is 6.08. The third-order valence-electron chi connectivity index (χ3n) is 3.08. The molecule has 2 nitrogen and oxygen atoms in total. The van der Waals surface area contributed by atoms with Gasteiger partial charge in [0.25, 0.3) is 0 Å². The van der Waals surface area contributed by atoms with Gasteiger partial charge in [0, 0.05) is 17.7 Å². The Labute approximate surface area is 120 Å². The van der Waals surface area contributed by atoms with Crippen LogP contribution in [0.2, 0.25) is 0 Å². The fourth-order valence-corrected chi connectivity index (χ4v) is 2.10. The number of hydrogen-bond acceptors (Lipinski definition) is 2. The minimum atomic E-state index is 0.0123. The number of likely N-dealkylation sites (N-methyl/N-ethyl adjacent to an activating group) is 1. The zero-order chi connectivity index (χ0) is 14.5. The van der Waals surface area contributed by atoms with Gasteiger partial charge in [-0.05, 0) is 25.2 Å². The van der Waals surface area contributed by atoms with Crippen molar-refractivity contribution in [2.24, 2.45) is 0 Å². The number of benzene rings is 2. The SMILES string of the molecule is C=C(CN(C)C)C(=O)c1ccc(-c2ccccc2)cc1. The van der Waals surface area contributed by atoms with Gasteiger partial charge < -0.3 is 4.90 Å². The Balaban J connectivity index is 2.16. The highest BCUT2D eigenvalue weighted by Gasteiger charge is 2.10. The molecule has 0 bridgehead atoms. The lowest BCUT2D eigenvalue weighted by atomic mass is 10.00. The van der Waals surface area contributed by atoms with Crippen LogP contribution in [-0.4, -0.2) is 31.3 Å². The van der Waals surface area contributed by atoms with Gasteiger partial charge in [-0.3, -0.25) is 4.79 Å². The molecule has 0 aliphatic rings. The first-order valence-electron chi connectivity index (χ1n) is 6.60. The van der Waals surface area contributed by atoms with E-state index in [2.05, 4.69) is 18.7 Å². The Morgan fingerprint density at radius 2 is 1.50 bits per heavy atom. The molecule has 2 rings (SSSR count). The molecule has 0 saturated heterocycles. The van der Waals surface area contributed by atoms with Crippen molar-refractivity contribution >= 4 is 5.78 Å². The van der Waals surface area contributed by atoms with Crippen molar-refractivity contribution in [1.29, 1.82) is 0 Å². The van der Waals surface area contributed by atoms with E-state index in [9.17, 15) is 4.79 Å². The van der Waals surface area contributed by atoms with Gasteiger partial charge in [0.2, 0.25) is 0 Å². The molecule has 0 aliphatic heterocycles. The smallest absolute Gasteiger partial charge is 0.189 e. The molecule has 20 heavy (non-hydrogen) atoms. The fourth-order valence-electron chi connectivity index (χ4n) is 2.10. The minimum Gasteiger partial charge on any atom is -0.305 e. The van der Waals surface area contributed by atoms with E-state index in [0.717, 1.165) is 11.1 Å². The number of carbonyl (C=O) groups is 1. The van der Waals surface area contributed by atoms with Crippen molar-refractivity contribution < 1.29 is 4.79 Å². The molecule has 0 heterocycles. The molecule has 102 valence electrons. The van der Waals surface area contributed by atoms with Crippen LogP contribution in [0.4, 0.5) is 0 Å². The summed E-state index contributed by atoms with van der Waals surface area (Å²) < 4.78 is 0. The second kappa shape index (κ2) is 6.31. The van der Waals surface area contributed by atoms with E-state index >= 15 is 0 Å². The van der Waals surface area contributed by atoms with Crippen molar-refractivity contribution in [3.05, 3.63) is 72.3 Å². The van der Waals surface area contributed by atoms with E-state index in [0.29, 0.717) is 17.7 Å². The summed E-state index contributed by atoms with van der Waals surface area (Å²) in [5.74, 6) is 0.0123. The number of carbonyl (C=O) groups excluding carboxylic acids is 1. The molecule has 2 aromatic rings. The molecule has 2 heteroatoms. The molecule has 0 unspecified atom stereocenters. The topological polar surface area (TPSA) is 20.3 Å². The van der Waals surface area contributed by atoms with Gasteiger partial charge in [0.05, 0.1) is 0 Å². The summed E-state index contributed by atoms with van der Waals surface area (Å²) in [6.45, 7) is 4.44. The van der Waals surface area contributed by atoms with E-state index in [1.165, 1.54) is 0 Å². The van der Waals surface area contributed by atoms with Crippen molar-refractivity contribution in [3.8, 4) is 11.1 Å². The predicted molar refractivity (Wildman–Crippen MR) is 83.9 cm³/mol. The van der Waals surface area contributed by atoms with Crippen molar-refractivity contribution in [2.45, 2.75) is 0 Å². The summed E-state index contributed by atoms with van der Waals surface area (Å²) in [4.78, 5) is 14.1. The lowest BCUT2D eigenvalue weighted by molar-refractivity contribution is 0.102. The lowest BCUT2D eigenvalue weighted by Crippen LogP contribution is -2.19. The zero-order valence-electron chi connectivity index (χ0n) is 12.0. The van der Waals surface area contributed by atoms with E-state index in [-0.39, 0.29) is 5.78 Å². The summed E-state index contributed by atoms with van der Waals surface area (Å²) in [5, 5.41) is 0. The van der Waals surface area contributed by atoms with Crippen LogP contribution in [0.25, 0.3) is 11.1 Å². The fraction of sp³-hybridized carbons (Fsp3) is 0.167. The lowest BCUT2D eigenvalue weighted by Gasteiger charge is -2.11. The van der Waals surface area contributed by atoms with E-state index in [4.69, 9.17) is 0 Å². The average Bonchev–Trinajstić information content (AvgIpc) is 2.47. The summed E-state index contributed by atoms with van der Waals surface area (Å²) in [7, 11) is 3.86. The molecular formula is C18H19NO. The van der Waals surface area contributed by atoms with Crippen molar-refractivity contribution in [3.63, 3.8) is 0 Å². The molecule has 0 saturated carbocycles. The third-order valence-corrected chi connectivity index (χ3v) is 3.08. The number of nitrogens with zero attached hydrogens (tertiary/aromatic N) is 1. The maximum Gasteiger partial charge on any atom is 0.189 e. The summed E-state index contributed by atoms with van der Waals surface area (Å²) in [6.07, 6.45) is 0. The standard InChI is InChI=1S/C18H19NO/c1-14(13-19(2)3)18(20)17-11-9-16(10-12-17)15-7-5-4-6-8-15/h4-12H,1,13H2,2-3H3. The van der Waals surface area contributed by atoms with Crippen molar-refractivity contribution in [1.82, 2.24) is 4.90 Å². The van der Waals surface area contributed by atoms with Gasteiger partial charge in [-0.2, -0.15) is 0 Å². The third kappa shape index (κ3) is 3.43. The minimum absolute atomic E-state index is 0.0123. The first kappa shape index (κ1) is 14.2. The molecule has 0 radical (unpaired) electrons. The van der Waals surface area contributed by atoms with Crippen LogP contribution in [0.1, 0.15) is 10.4 Å². The monoisotopic (exact) mass is 265 g/mol. The number of rotatable bonds is 5. The molecule has 0 amide bonds. The summed E-state index contributed by atoms with van der Waals surface area (Å²) in [5.41, 5.74) is 3.57. The Kier molecular flexibility index (Phi) is 4.49. The maximum absolute atomic E-state index is 12.2. The second-order valence-corrected chi connectivity index (χ2v) is 5.11. The van der Waals surface area contributed by atoms with Crippen LogP contribution >= 0.6 is 0 Å². The normalized spacial score (nSPS) is 10.6. The van der Waals surface area contributed by atoms with Crippen LogP contribution in [0, 0.1) is 0 Å². The molecule has 2 aromatic carbocycles. The molecule has 0 fully saturated rings. The van der Waals surface area contributed by atoms with Gasteiger partial charge >= 0.3 is 0 Å². The number of Topliss-reactive ketones (excluding diaryl/α,β-unsaturated/α-hetero) is 1. The maximum atomic E-state index is 12.2. The van der Waals surface area contributed by atoms with Crippen LogP contribution in [0.3, 0.4) is 0 Å². The molecule has 0 aromatic heterocycles. The van der Waals surface area contributed by atoms with Crippen molar-refractivity contribution in [2.75, 3.05) is 20.6 Å². The first-order chi connectivity index (χ1) is 9.58. The first-order valence-corrected chi connectivity index (χ1v) is 6.60. The average molecular weight is 265 g/mol. The van der Waals surface area contributed by atoms with E-state index in [1.807, 2.05) is 61.5 Å². The molecular weight excluding hydrogens is 246 g/mol. The van der Waals surface area contributed by atoms with Crippen LogP contribution in [0.15, 0.2) is 66.7 Å². The molecule has 0 N–H and O–H groups in total. The second-order valence-electron chi connectivity index (χ2n) is 5.11. The zero-order valence-corrected chi connectivity index (χ0v) is 12.0. The van der Waals surface area contributed by atoms with Crippen LogP contribution in [0.5, 0.6) is 0 Å². The Bertz CT molecular complexity index is 597. The van der Waals surface area contributed by atoms with E-state index < -0.39 is 0 Å². The van der Waals surface area contributed by atoms with Gasteiger partial charge in [-0.25, -0.2) is 0 Å². The summed E-state index contributed by atoms with van der Waals surface area (Å²) >= 11 is 0. The molecule has 0 atom stereocenters.